The quantitative estimate of drug-likeness (QED) is 0.0428. The molecule has 0 rings (SSSR count). The summed E-state index contributed by atoms with van der Waals surface area (Å²) in [6.45, 7) is 6.62. The maximum Gasteiger partial charge on any atom is 0.222 e. The molecule has 0 aliphatic heterocycles. The molecule has 0 atom stereocenters. The van der Waals surface area contributed by atoms with E-state index in [-0.39, 0.29) is 121 Å². The predicted molar refractivity (Wildman–Crippen MR) is 281 cm³/mol. The molecule has 0 spiro atoms. The van der Waals surface area contributed by atoms with Gasteiger partial charge in [0.25, 0.3) is 0 Å². The highest BCUT2D eigenvalue weighted by Crippen LogP contribution is 2.23. The van der Waals surface area contributed by atoms with Crippen LogP contribution in [0.3, 0.4) is 0 Å². The van der Waals surface area contributed by atoms with Crippen LogP contribution in [0.25, 0.3) is 0 Å². The number of nitrogens with one attached hydrogen (secondary N) is 6. The fraction of sp³-hybridized carbons (Fsp3) is 0.843. The van der Waals surface area contributed by atoms with E-state index in [4.69, 9.17) is 43.6 Å². The molecule has 0 bridgehead atoms. The van der Waals surface area contributed by atoms with Crippen LogP contribution in [-0.4, -0.2) is 195 Å². The van der Waals surface area contributed by atoms with Crippen molar-refractivity contribution in [1.82, 2.24) is 31.9 Å². The van der Waals surface area contributed by atoms with Gasteiger partial charge in [-0.25, -0.2) is 0 Å². The van der Waals surface area contributed by atoms with Crippen LogP contribution in [0.2, 0.25) is 0 Å². The first-order valence-corrected chi connectivity index (χ1v) is 25.8. The summed E-state index contributed by atoms with van der Waals surface area (Å²) in [4.78, 5) is 91.3. The summed E-state index contributed by atoms with van der Waals surface area (Å²) in [6.07, 6.45) is 8.99. The summed E-state index contributed by atoms with van der Waals surface area (Å²) in [5.41, 5.74) is 3.84. The van der Waals surface area contributed by atoms with Gasteiger partial charge in [0.1, 0.15) is 5.78 Å². The van der Waals surface area contributed by atoms with Crippen molar-refractivity contribution in [3.05, 3.63) is 0 Å². The van der Waals surface area contributed by atoms with Crippen molar-refractivity contribution in [2.24, 2.45) is 16.6 Å². The lowest BCUT2D eigenvalue weighted by Gasteiger charge is -2.33. The van der Waals surface area contributed by atoms with E-state index in [1.165, 1.54) is 0 Å². The molecule has 0 fully saturated rings. The Morgan fingerprint density at radius 3 is 0.770 bits per heavy atom. The number of amides is 7. The number of carbonyl (C=O) groups excluding carboxylic acids is 8. The van der Waals surface area contributed by atoms with Crippen molar-refractivity contribution >= 4 is 47.1 Å². The summed E-state index contributed by atoms with van der Waals surface area (Å²) in [7, 11) is 9.60. The third-order valence-corrected chi connectivity index (χ3v) is 11.1. The van der Waals surface area contributed by atoms with Crippen LogP contribution in [0.15, 0.2) is 0 Å². The molecule has 0 aromatic rings. The van der Waals surface area contributed by atoms with Gasteiger partial charge in [-0.2, -0.15) is 0 Å². The van der Waals surface area contributed by atoms with Crippen LogP contribution in [-0.2, 0) is 76.3 Å². The monoisotopic (exact) mass is 1070 g/mol. The molecule has 0 saturated carbocycles. The highest BCUT2D eigenvalue weighted by atomic mass is 16.5. The number of nitrogens with two attached hydrogens (primary N) is 1. The zero-order chi connectivity index (χ0) is 54.9. The van der Waals surface area contributed by atoms with E-state index < -0.39 is 16.7 Å². The number of primary amides is 1. The highest BCUT2D eigenvalue weighted by molar-refractivity contribution is 5.78. The fourth-order valence-electron chi connectivity index (χ4n) is 6.38. The normalized spacial score (nSPS) is 11.1. The fourth-order valence-corrected chi connectivity index (χ4v) is 6.38. The predicted octanol–water partition coefficient (Wildman–Crippen LogP) is 1.90. The number of rotatable bonds is 49. The van der Waals surface area contributed by atoms with Gasteiger partial charge < -0.3 is 75.5 Å². The van der Waals surface area contributed by atoms with Crippen molar-refractivity contribution in [3.8, 4) is 0 Å². The Balaban J connectivity index is -0.00000138. The third kappa shape index (κ3) is 45.1. The first-order chi connectivity index (χ1) is 35.1. The topological polar surface area (TPSA) is 309 Å². The Labute approximate surface area is 442 Å². The van der Waals surface area contributed by atoms with Gasteiger partial charge in [-0.05, 0) is 51.4 Å². The number of ether oxygens (including phenoxy) is 8. The van der Waals surface area contributed by atoms with Gasteiger partial charge in [-0.15, -0.1) is 0 Å². The molecule has 0 aromatic heterocycles. The number of Topliss-reactive ketones (excluding diaryl/α,β-unsaturated/α-hetero) is 1. The maximum absolute atomic E-state index is 11.5. The minimum absolute atomic E-state index is 0. The van der Waals surface area contributed by atoms with Crippen LogP contribution in [0.4, 0.5) is 0 Å². The molecule has 23 nitrogen and oxygen atoms in total. The molecule has 74 heavy (non-hydrogen) atoms. The van der Waals surface area contributed by atoms with Crippen LogP contribution < -0.4 is 37.6 Å². The first-order valence-electron chi connectivity index (χ1n) is 25.8. The average Bonchev–Trinajstić information content (AvgIpc) is 3.39. The van der Waals surface area contributed by atoms with Crippen LogP contribution in [0.5, 0.6) is 0 Å². The van der Waals surface area contributed by atoms with Crippen molar-refractivity contribution in [2.75, 3.05) is 148 Å². The van der Waals surface area contributed by atoms with E-state index >= 15 is 0 Å². The smallest absolute Gasteiger partial charge is 0.222 e. The molecule has 0 saturated heterocycles. The lowest BCUT2D eigenvalue weighted by atomic mass is 9.92. The lowest BCUT2D eigenvalue weighted by molar-refractivity contribution is -0.128. The molecule has 0 aliphatic carbocycles. The molecule has 0 aromatic carbocycles. The van der Waals surface area contributed by atoms with Crippen LogP contribution >= 0.6 is 0 Å². The molecular weight excluding hydrogens is 967 g/mol. The summed E-state index contributed by atoms with van der Waals surface area (Å²) in [5.74, 6) is -0.630. The SMILES string of the molecule is C.CCC(=O)CCOCC(COCCC(N)=O)(COCCC(=O)NC)COCCC(=O)NC.CNC(=O)CCCCOCC(COCCCCC(=O)NC)(COCCCCC(=O)NC)COCCCCC(=O)NC. The van der Waals surface area contributed by atoms with Crippen LogP contribution in [0, 0.1) is 10.8 Å². The molecule has 7 amide bonds. The second-order valence-electron chi connectivity index (χ2n) is 17.6. The number of unbranched alkanes of at least 4 members (excludes halogenated alkanes) is 4. The lowest BCUT2D eigenvalue weighted by Crippen LogP contribution is -2.42. The zero-order valence-electron chi connectivity index (χ0n) is 45.4. The van der Waals surface area contributed by atoms with Gasteiger partial charge in [0.15, 0.2) is 0 Å². The van der Waals surface area contributed by atoms with Crippen molar-refractivity contribution in [2.45, 2.75) is 124 Å². The number of ketones is 1. The number of carbonyl (C=O) groups is 8. The van der Waals surface area contributed by atoms with E-state index in [2.05, 4.69) is 31.9 Å². The molecule has 0 heterocycles. The second kappa shape index (κ2) is 50.8. The summed E-state index contributed by atoms with van der Waals surface area (Å²) >= 11 is 0. The summed E-state index contributed by atoms with van der Waals surface area (Å²) < 4.78 is 47.0. The van der Waals surface area contributed by atoms with E-state index in [1.807, 2.05) is 0 Å². The minimum Gasteiger partial charge on any atom is -0.381 e. The third-order valence-electron chi connectivity index (χ3n) is 11.1. The molecular formula is C51H99N7O16. The molecule has 0 unspecified atom stereocenters. The summed E-state index contributed by atoms with van der Waals surface area (Å²) in [5, 5.41) is 15.6. The van der Waals surface area contributed by atoms with Crippen molar-refractivity contribution < 1.29 is 76.3 Å². The Morgan fingerprint density at radius 1 is 0.324 bits per heavy atom. The van der Waals surface area contributed by atoms with E-state index in [1.54, 1.807) is 49.2 Å². The number of hydrogen-bond donors (Lipinski definition) is 7. The highest BCUT2D eigenvalue weighted by Gasteiger charge is 2.34. The Morgan fingerprint density at radius 2 is 0.541 bits per heavy atom. The standard InChI is InChI=1S/C29H56N4O8.C21H39N3O8.CH4/c1-30-25(34)13-5-9-17-38-21-29(22-39-18-10-6-14-26(35)31-2,23-40-19-11-7-15-27(36)32-3)24-41-20-12-8-16-28(37)33-4;1-4-17(25)5-9-29-13-21(14-30-10-6-18(22)26,15-31-11-7-19(27)23-2)16-32-12-8-20(28)24-3;/h5-24H2,1-4H3,(H,30,34)(H,31,35)(H,32,36)(H,33,37);4-16H2,1-3H3,(H2,22,26)(H,23,27)(H,24,28);1H4. The average molecular weight is 1070 g/mol. The van der Waals surface area contributed by atoms with E-state index in [0.717, 1.165) is 51.4 Å². The van der Waals surface area contributed by atoms with E-state index in [9.17, 15) is 38.4 Å². The summed E-state index contributed by atoms with van der Waals surface area (Å²) in [6, 6.07) is 0. The van der Waals surface area contributed by atoms with Crippen LogP contribution in [0.1, 0.15) is 124 Å². The molecule has 434 valence electrons. The van der Waals surface area contributed by atoms with Gasteiger partial charge in [0.05, 0.1) is 90.1 Å². The molecule has 0 radical (unpaired) electrons. The second-order valence-corrected chi connectivity index (χ2v) is 17.6. The number of hydrogen-bond acceptors (Lipinski definition) is 16. The zero-order valence-corrected chi connectivity index (χ0v) is 45.4. The minimum atomic E-state index is -0.766. The first kappa shape index (κ1) is 73.9. The van der Waals surface area contributed by atoms with Crippen molar-refractivity contribution in [3.63, 3.8) is 0 Å². The van der Waals surface area contributed by atoms with Gasteiger partial charge in [-0.1, -0.05) is 14.4 Å². The molecule has 8 N–H and O–H groups in total. The van der Waals surface area contributed by atoms with Gasteiger partial charge in [-0.3, -0.25) is 38.4 Å². The van der Waals surface area contributed by atoms with E-state index in [0.29, 0.717) is 91.4 Å². The van der Waals surface area contributed by atoms with Gasteiger partial charge in [0.2, 0.25) is 41.4 Å². The van der Waals surface area contributed by atoms with Gasteiger partial charge >= 0.3 is 0 Å². The van der Waals surface area contributed by atoms with Gasteiger partial charge in [0, 0.05) is 127 Å². The Bertz CT molecular complexity index is 1320. The maximum atomic E-state index is 11.5. The molecule has 0 aliphatic rings. The van der Waals surface area contributed by atoms with Crippen molar-refractivity contribution in [1.29, 1.82) is 0 Å². The molecule has 23 heteroatoms. The largest absolute Gasteiger partial charge is 0.381 e. The Hall–Kier alpha value is -4.36. The Kier molecular flexibility index (Phi) is 50.7.